The predicted octanol–water partition coefficient (Wildman–Crippen LogP) is -0.505. The zero-order valence-electron chi connectivity index (χ0n) is 2.22. The zero-order chi connectivity index (χ0) is 0. The molecule has 0 saturated heterocycles. The van der Waals surface area contributed by atoms with Crippen molar-refractivity contribution in [1.29, 1.82) is 0 Å². The van der Waals surface area contributed by atoms with Crippen molar-refractivity contribution in [3.05, 3.63) is 0 Å². The molecule has 0 saturated carbocycles. The average molecular weight is 561 g/mol. The van der Waals surface area contributed by atoms with E-state index < -0.39 is 0 Å². The summed E-state index contributed by atoms with van der Waals surface area (Å²) in [7, 11) is 0. The van der Waals surface area contributed by atoms with Crippen LogP contribution in [0, 0.1) is 41.7 Å². The molecule has 0 bridgehead atoms. The van der Waals surface area contributed by atoms with Crippen molar-refractivity contribution < 1.29 is 94.5 Å². The largest absolute Gasteiger partial charge is 4.00 e. The minimum absolute atomic E-state index is 0. The Balaban J connectivity index is 0. The topological polar surface area (TPSA) is 28.5 Å². The second-order valence-corrected chi connectivity index (χ2v) is 0. The van der Waals surface area contributed by atoms with E-state index >= 15 is 0 Å². The van der Waals surface area contributed by atoms with E-state index in [-0.39, 0.29) is 118 Å². The normalized spacial score (nSPS) is 0. The molecule has 0 aromatic carbocycles. The van der Waals surface area contributed by atoms with Crippen LogP contribution in [0.5, 0.6) is 0 Å². The molecule has 17 valence electrons. The number of hydrogen-bond acceptors (Lipinski definition) is 0. The molecule has 0 aliphatic rings. The van der Waals surface area contributed by atoms with E-state index in [4.69, 9.17) is 0 Å². The van der Waals surface area contributed by atoms with Crippen molar-refractivity contribution in [1.82, 2.24) is 0 Å². The summed E-state index contributed by atoms with van der Waals surface area (Å²) in [6.45, 7) is 0. The van der Waals surface area contributed by atoms with Gasteiger partial charge in [0.2, 0.25) is 0 Å². The van der Waals surface area contributed by atoms with E-state index in [1.54, 1.807) is 0 Å². The molecule has 0 heterocycles. The first-order valence-electron chi connectivity index (χ1n) is 0. The summed E-state index contributed by atoms with van der Waals surface area (Å²) in [5.41, 5.74) is 0. The standard InChI is InChI=1S/Ce.O.Pt.Sn.Zr/q+3;-2;+2;2*+4. The van der Waals surface area contributed by atoms with Crippen LogP contribution in [0.3, 0.4) is 0 Å². The van der Waals surface area contributed by atoms with Crippen LogP contribution in [0.1, 0.15) is 0 Å². The van der Waals surface area contributed by atoms with Gasteiger partial charge in [0.25, 0.3) is 0 Å². The van der Waals surface area contributed by atoms with Crippen molar-refractivity contribution in [3.8, 4) is 0 Å². The van der Waals surface area contributed by atoms with Gasteiger partial charge in [-0.2, -0.15) is 0 Å². The Kier molecular flexibility index (Phi) is 190. The van der Waals surface area contributed by atoms with Crippen LogP contribution < -0.4 is 0 Å². The summed E-state index contributed by atoms with van der Waals surface area (Å²) < 4.78 is 0. The molecule has 0 unspecified atom stereocenters. The Morgan fingerprint density at radius 1 is 1.00 bits per heavy atom. The molecular formula is CeOPtSnZr+11. The molecule has 1 nitrogen and oxygen atoms in total. The van der Waals surface area contributed by atoms with Gasteiger partial charge in [0.15, 0.2) is 0 Å². The fraction of sp³-hybridized carbons (Fsp3) is 0. The van der Waals surface area contributed by atoms with Gasteiger partial charge in [-0.25, -0.2) is 0 Å². The van der Waals surface area contributed by atoms with Crippen LogP contribution in [-0.4, -0.2) is 23.9 Å². The Morgan fingerprint density at radius 3 is 1.00 bits per heavy atom. The van der Waals surface area contributed by atoms with Crippen molar-refractivity contribution in [2.75, 3.05) is 0 Å². The first-order chi connectivity index (χ1) is 0. The van der Waals surface area contributed by atoms with Crippen LogP contribution in [0.15, 0.2) is 0 Å². The molecule has 0 aromatic heterocycles. The van der Waals surface area contributed by atoms with Crippen molar-refractivity contribution in [3.63, 3.8) is 0 Å². The van der Waals surface area contributed by atoms with Crippen LogP contribution in [-0.2, 0) is 52.7 Å². The van der Waals surface area contributed by atoms with Crippen molar-refractivity contribution in [2.45, 2.75) is 0 Å². The molecule has 0 aliphatic heterocycles. The number of rotatable bonds is 0. The molecule has 0 rings (SSSR count). The molecule has 5 heavy (non-hydrogen) atoms. The van der Waals surface area contributed by atoms with Gasteiger partial charge in [-0.15, -0.1) is 0 Å². The minimum Gasteiger partial charge on any atom is -2.00 e. The second-order valence-electron chi connectivity index (χ2n) is 0. The molecule has 1 radical (unpaired) electrons. The summed E-state index contributed by atoms with van der Waals surface area (Å²) in [5.74, 6) is 0. The monoisotopic (exact) mass is 561 g/mol. The second kappa shape index (κ2) is 25.2. The molecular weight excluding hydrogens is 561 g/mol. The summed E-state index contributed by atoms with van der Waals surface area (Å²) in [4.78, 5) is 0. The third kappa shape index (κ3) is 18.3. The van der Waals surface area contributed by atoms with E-state index in [1.807, 2.05) is 0 Å². The minimum atomic E-state index is 0. The molecule has 0 spiro atoms. The first kappa shape index (κ1) is 37.6. The molecule has 0 aliphatic carbocycles. The fourth-order valence-electron chi connectivity index (χ4n) is 0. The van der Waals surface area contributed by atoms with Gasteiger partial charge in [0.1, 0.15) is 0 Å². The molecule has 0 fully saturated rings. The molecule has 5 heteroatoms. The quantitative estimate of drug-likeness (QED) is 0.358. The Hall–Kier alpha value is 3.71. The zero-order valence-corrected chi connectivity index (χ0v) is 12.9. The Labute approximate surface area is 115 Å². The van der Waals surface area contributed by atoms with E-state index in [9.17, 15) is 0 Å². The van der Waals surface area contributed by atoms with Gasteiger partial charge < -0.3 is 5.48 Å². The van der Waals surface area contributed by atoms with Crippen LogP contribution in [0.2, 0.25) is 0 Å². The van der Waals surface area contributed by atoms with E-state index in [2.05, 4.69) is 0 Å². The molecule has 0 atom stereocenters. The fourth-order valence-corrected chi connectivity index (χ4v) is 0. The summed E-state index contributed by atoms with van der Waals surface area (Å²) in [5, 5.41) is 0. The third-order valence-electron chi connectivity index (χ3n) is 0. The summed E-state index contributed by atoms with van der Waals surface area (Å²) >= 11 is 0. The van der Waals surface area contributed by atoms with Crippen LogP contribution in [0.25, 0.3) is 0 Å². The predicted molar refractivity (Wildman–Crippen MR) is 6.44 cm³/mol. The van der Waals surface area contributed by atoms with Crippen molar-refractivity contribution in [2.24, 2.45) is 0 Å². The van der Waals surface area contributed by atoms with Gasteiger partial charge in [0, 0.05) is 0 Å². The maximum Gasteiger partial charge on any atom is 4.00 e. The van der Waals surface area contributed by atoms with E-state index in [1.165, 1.54) is 0 Å². The molecule has 0 aromatic rings. The average Bonchev–Trinajstić information content (AvgIpc) is 0. The van der Waals surface area contributed by atoms with Gasteiger partial charge in [-0.3, -0.25) is 0 Å². The first-order valence-corrected chi connectivity index (χ1v) is 0. The maximum atomic E-state index is 0. The van der Waals surface area contributed by atoms with Crippen LogP contribution in [0.4, 0.5) is 0 Å². The van der Waals surface area contributed by atoms with Crippen LogP contribution >= 0.6 is 0 Å². The van der Waals surface area contributed by atoms with E-state index in [0.717, 1.165) is 0 Å². The molecule has 0 amide bonds. The molecule has 0 N–H and O–H groups in total. The Bertz CT molecular complexity index is 11.6. The number of hydrogen-bond donors (Lipinski definition) is 0. The van der Waals surface area contributed by atoms with Gasteiger partial charge in [-0.05, 0) is 0 Å². The van der Waals surface area contributed by atoms with Gasteiger partial charge in [0.05, 0.1) is 0 Å². The third-order valence-corrected chi connectivity index (χ3v) is 0. The van der Waals surface area contributed by atoms with Gasteiger partial charge >= 0.3 is 113 Å². The Morgan fingerprint density at radius 2 is 1.00 bits per heavy atom. The SMILES string of the molecule is [Ce+3].[O-2].[Pt+2].[Sn+4].[Zr+4]. The summed E-state index contributed by atoms with van der Waals surface area (Å²) in [6.07, 6.45) is 0. The van der Waals surface area contributed by atoms with Crippen molar-refractivity contribution >= 4 is 23.9 Å². The van der Waals surface area contributed by atoms with E-state index in [0.29, 0.717) is 0 Å². The smallest absolute Gasteiger partial charge is 2.00 e. The summed E-state index contributed by atoms with van der Waals surface area (Å²) in [6, 6.07) is 0. The maximum absolute atomic E-state index is 0. The van der Waals surface area contributed by atoms with Gasteiger partial charge in [-0.1, -0.05) is 0 Å².